The summed E-state index contributed by atoms with van der Waals surface area (Å²) in [6.07, 6.45) is 6.87. The number of nitrogens with zero attached hydrogens (tertiary/aromatic N) is 1. The monoisotopic (exact) mass is 346 g/mol. The molecule has 1 aliphatic heterocycles. The van der Waals surface area contributed by atoms with E-state index in [1.165, 1.54) is 25.7 Å². The molecule has 3 rings (SSSR count). The molecule has 1 atom stereocenters. The Balaban J connectivity index is 1.61. The molecule has 6 heteroatoms. The van der Waals surface area contributed by atoms with E-state index in [0.29, 0.717) is 17.9 Å². The van der Waals surface area contributed by atoms with Crippen LogP contribution in [0.2, 0.25) is 0 Å². The summed E-state index contributed by atoms with van der Waals surface area (Å²) in [6.45, 7) is 0. The second kappa shape index (κ2) is 8.23. The van der Waals surface area contributed by atoms with Crippen molar-refractivity contribution < 1.29 is 19.1 Å². The van der Waals surface area contributed by atoms with Crippen molar-refractivity contribution in [2.45, 2.75) is 57.1 Å². The van der Waals surface area contributed by atoms with Gasteiger partial charge in [0.15, 0.2) is 0 Å². The maximum Gasteiger partial charge on any atom is 0.264 e. The van der Waals surface area contributed by atoms with E-state index in [9.17, 15) is 4.79 Å². The van der Waals surface area contributed by atoms with Gasteiger partial charge in [0.1, 0.15) is 11.5 Å². The lowest BCUT2D eigenvalue weighted by atomic mass is 10.0. The van der Waals surface area contributed by atoms with Crippen molar-refractivity contribution in [3.63, 3.8) is 0 Å². The first kappa shape index (κ1) is 17.6. The third-order valence-corrected chi connectivity index (χ3v) is 4.88. The van der Waals surface area contributed by atoms with Gasteiger partial charge in [0.2, 0.25) is 6.10 Å². The van der Waals surface area contributed by atoms with Crippen LogP contribution in [0.5, 0.6) is 11.5 Å². The zero-order valence-electron chi connectivity index (χ0n) is 14.9. The second-order valence-corrected chi connectivity index (χ2v) is 6.60. The molecule has 0 saturated heterocycles. The number of amides is 1. The van der Waals surface area contributed by atoms with Crippen LogP contribution < -0.4 is 14.8 Å². The van der Waals surface area contributed by atoms with E-state index in [-0.39, 0.29) is 11.9 Å². The molecule has 0 aromatic heterocycles. The number of carbonyl (C=O) groups is 1. The first-order valence-corrected chi connectivity index (χ1v) is 8.96. The second-order valence-electron chi connectivity index (χ2n) is 6.60. The first-order valence-electron chi connectivity index (χ1n) is 8.96. The Morgan fingerprint density at radius 2 is 1.92 bits per heavy atom. The maximum atomic E-state index is 12.5. The van der Waals surface area contributed by atoms with Gasteiger partial charge in [-0.25, -0.2) is 0 Å². The van der Waals surface area contributed by atoms with Gasteiger partial charge in [0, 0.05) is 24.1 Å². The first-order chi connectivity index (χ1) is 12.2. The van der Waals surface area contributed by atoms with Crippen LogP contribution in [0.15, 0.2) is 23.4 Å². The fourth-order valence-electron chi connectivity index (χ4n) is 3.43. The summed E-state index contributed by atoms with van der Waals surface area (Å²) < 4.78 is 10.6. The number of oxime groups is 1. The van der Waals surface area contributed by atoms with Gasteiger partial charge in [-0.3, -0.25) is 4.79 Å². The highest BCUT2D eigenvalue weighted by Gasteiger charge is 2.31. The molecule has 0 radical (unpaired) electrons. The summed E-state index contributed by atoms with van der Waals surface area (Å²) in [7, 11) is 3.21. The van der Waals surface area contributed by atoms with Crippen LogP contribution in [-0.2, 0) is 9.63 Å². The van der Waals surface area contributed by atoms with Gasteiger partial charge in [-0.1, -0.05) is 30.8 Å². The average Bonchev–Trinajstić information content (AvgIpc) is 3.00. The van der Waals surface area contributed by atoms with Crippen LogP contribution in [0, 0.1) is 0 Å². The van der Waals surface area contributed by atoms with Crippen molar-refractivity contribution in [3.8, 4) is 11.5 Å². The molecule has 0 spiro atoms. The minimum Gasteiger partial charge on any atom is -0.497 e. The van der Waals surface area contributed by atoms with Crippen LogP contribution in [0.3, 0.4) is 0 Å². The zero-order chi connectivity index (χ0) is 17.6. The highest BCUT2D eigenvalue weighted by Crippen LogP contribution is 2.29. The highest BCUT2D eigenvalue weighted by atomic mass is 16.6. The largest absolute Gasteiger partial charge is 0.497 e. The molecule has 1 fully saturated rings. The Kier molecular flexibility index (Phi) is 5.79. The van der Waals surface area contributed by atoms with Crippen molar-refractivity contribution >= 4 is 11.6 Å². The number of carbonyl (C=O) groups excluding carboxylic acids is 1. The predicted octanol–water partition coefficient (Wildman–Crippen LogP) is 3.04. The van der Waals surface area contributed by atoms with E-state index in [0.717, 1.165) is 24.1 Å². The number of methoxy groups -OCH3 is 2. The maximum absolute atomic E-state index is 12.5. The summed E-state index contributed by atoms with van der Waals surface area (Å²) in [4.78, 5) is 17.9. The van der Waals surface area contributed by atoms with E-state index in [1.54, 1.807) is 20.3 Å². The Labute approximate surface area is 148 Å². The van der Waals surface area contributed by atoms with Gasteiger partial charge in [0.25, 0.3) is 5.91 Å². The summed E-state index contributed by atoms with van der Waals surface area (Å²) in [5, 5.41) is 7.25. The Hall–Kier alpha value is -2.24. The summed E-state index contributed by atoms with van der Waals surface area (Å²) in [5.41, 5.74) is 1.55. The van der Waals surface area contributed by atoms with Gasteiger partial charge < -0.3 is 19.6 Å². The lowest BCUT2D eigenvalue weighted by Gasteiger charge is -2.18. The molecule has 1 N–H and O–H groups in total. The molecule has 1 amide bonds. The average molecular weight is 346 g/mol. The lowest BCUT2D eigenvalue weighted by molar-refractivity contribution is -0.132. The molecule has 25 heavy (non-hydrogen) atoms. The number of ether oxygens (including phenoxy) is 2. The molecule has 0 bridgehead atoms. The molecule has 1 saturated carbocycles. The molecular formula is C19H26N2O4. The number of benzene rings is 1. The van der Waals surface area contributed by atoms with Crippen LogP contribution >= 0.6 is 0 Å². The molecule has 2 aliphatic rings. The molecule has 1 aliphatic carbocycles. The van der Waals surface area contributed by atoms with Gasteiger partial charge in [-0.05, 0) is 25.0 Å². The Bertz CT molecular complexity index is 636. The van der Waals surface area contributed by atoms with Gasteiger partial charge >= 0.3 is 0 Å². The van der Waals surface area contributed by atoms with Crippen LogP contribution in [0.1, 0.15) is 50.5 Å². The minimum absolute atomic E-state index is 0.0712. The van der Waals surface area contributed by atoms with Crippen molar-refractivity contribution in [2.24, 2.45) is 5.16 Å². The van der Waals surface area contributed by atoms with Crippen LogP contribution in [0.25, 0.3) is 0 Å². The normalized spacial score (nSPS) is 21.0. The van der Waals surface area contributed by atoms with Crippen molar-refractivity contribution in [1.82, 2.24) is 5.32 Å². The summed E-state index contributed by atoms with van der Waals surface area (Å²) >= 11 is 0. The van der Waals surface area contributed by atoms with E-state index in [1.807, 2.05) is 12.1 Å². The molecule has 136 valence electrons. The predicted molar refractivity (Wildman–Crippen MR) is 95.2 cm³/mol. The number of hydrogen-bond donors (Lipinski definition) is 1. The lowest BCUT2D eigenvalue weighted by Crippen LogP contribution is -2.41. The van der Waals surface area contributed by atoms with Crippen molar-refractivity contribution in [2.75, 3.05) is 14.2 Å². The highest BCUT2D eigenvalue weighted by molar-refractivity contribution is 6.06. The van der Waals surface area contributed by atoms with Gasteiger partial charge in [-0.15, -0.1) is 0 Å². The van der Waals surface area contributed by atoms with Crippen molar-refractivity contribution in [1.29, 1.82) is 0 Å². The van der Waals surface area contributed by atoms with E-state index in [2.05, 4.69) is 10.5 Å². The molecule has 1 aromatic rings. The topological polar surface area (TPSA) is 69.2 Å². The molecule has 1 unspecified atom stereocenters. The van der Waals surface area contributed by atoms with Crippen molar-refractivity contribution in [3.05, 3.63) is 23.8 Å². The SMILES string of the molecule is COc1ccc(C2=NOC(C(=O)NC3CCCCCC3)C2)c(OC)c1. The minimum atomic E-state index is -0.565. The van der Waals surface area contributed by atoms with Gasteiger partial charge in [0.05, 0.1) is 19.9 Å². The number of nitrogens with one attached hydrogen (secondary N) is 1. The number of rotatable bonds is 5. The standard InChI is InChI=1S/C19H26N2O4/c1-23-14-9-10-15(17(11-14)24-2)16-12-18(25-21-16)19(22)20-13-7-5-3-4-6-8-13/h9-11,13,18H,3-8,12H2,1-2H3,(H,20,22). The van der Waals surface area contributed by atoms with Gasteiger partial charge in [-0.2, -0.15) is 0 Å². The summed E-state index contributed by atoms with van der Waals surface area (Å²) in [5.74, 6) is 1.30. The van der Waals surface area contributed by atoms with Crippen LogP contribution in [-0.4, -0.2) is 38.0 Å². The Morgan fingerprint density at radius 1 is 1.16 bits per heavy atom. The molecule has 1 heterocycles. The smallest absolute Gasteiger partial charge is 0.264 e. The fourth-order valence-corrected chi connectivity index (χ4v) is 3.43. The third-order valence-electron chi connectivity index (χ3n) is 4.88. The zero-order valence-corrected chi connectivity index (χ0v) is 14.9. The summed E-state index contributed by atoms with van der Waals surface area (Å²) in [6, 6.07) is 5.79. The van der Waals surface area contributed by atoms with E-state index in [4.69, 9.17) is 14.3 Å². The van der Waals surface area contributed by atoms with Crippen LogP contribution in [0.4, 0.5) is 0 Å². The van der Waals surface area contributed by atoms with E-state index < -0.39 is 6.10 Å². The van der Waals surface area contributed by atoms with E-state index >= 15 is 0 Å². The molecular weight excluding hydrogens is 320 g/mol. The third kappa shape index (κ3) is 4.24. The number of hydrogen-bond acceptors (Lipinski definition) is 5. The fraction of sp³-hybridized carbons (Fsp3) is 0.579. The Morgan fingerprint density at radius 3 is 2.60 bits per heavy atom. The quantitative estimate of drug-likeness (QED) is 0.832. The molecule has 1 aromatic carbocycles. The molecule has 6 nitrogen and oxygen atoms in total.